The summed E-state index contributed by atoms with van der Waals surface area (Å²) in [5.74, 6) is -2.64. The van der Waals surface area contributed by atoms with E-state index in [2.05, 4.69) is 15.3 Å². The van der Waals surface area contributed by atoms with Gasteiger partial charge in [-0.2, -0.15) is 0 Å². The minimum atomic E-state index is -1.95. The number of halogens is 3. The van der Waals surface area contributed by atoms with E-state index < -0.39 is 53.0 Å². The van der Waals surface area contributed by atoms with E-state index in [0.717, 1.165) is 6.20 Å². The van der Waals surface area contributed by atoms with Gasteiger partial charge in [0, 0.05) is 12.5 Å². The molecule has 3 aromatic rings. The van der Waals surface area contributed by atoms with E-state index in [9.17, 15) is 27.6 Å². The Bertz CT molecular complexity index is 1310. The minimum absolute atomic E-state index is 0.00774. The number of nitrogens with one attached hydrogen (secondary N) is 2. The Labute approximate surface area is 186 Å². The number of ether oxygens (including phenoxy) is 1. The third kappa shape index (κ3) is 5.07. The zero-order chi connectivity index (χ0) is 24.5. The molecule has 3 rings (SSSR count). The topological polar surface area (TPSA) is 106 Å². The molecule has 0 saturated heterocycles. The van der Waals surface area contributed by atoms with Crippen LogP contribution >= 0.6 is 0 Å². The van der Waals surface area contributed by atoms with Gasteiger partial charge in [0.2, 0.25) is 5.91 Å². The lowest BCUT2D eigenvalue weighted by atomic mass is 9.99. The number of benzene rings is 1. The number of carbonyl (C=O) groups excluding carboxylic acids is 1. The maximum absolute atomic E-state index is 14.6. The van der Waals surface area contributed by atoms with Crippen molar-refractivity contribution in [2.24, 2.45) is 0 Å². The Balaban J connectivity index is 2.10. The van der Waals surface area contributed by atoms with Crippen LogP contribution in [-0.2, 0) is 4.79 Å². The molecule has 1 aromatic carbocycles. The minimum Gasteiger partial charge on any atom is -0.496 e. The SMILES string of the molecule is COc1cccc2[nH]c(=O)n(C(CC(C)(C)F)C(=O)N[C@@H](C)c3ncc(F)cc3F)c(=O)c12. The van der Waals surface area contributed by atoms with Crippen molar-refractivity contribution in [3.63, 3.8) is 0 Å². The molecule has 0 spiro atoms. The van der Waals surface area contributed by atoms with Gasteiger partial charge < -0.3 is 15.0 Å². The van der Waals surface area contributed by atoms with E-state index in [-0.39, 0.29) is 22.3 Å². The maximum Gasteiger partial charge on any atom is 0.329 e. The molecule has 176 valence electrons. The number of nitrogens with zero attached hydrogens (tertiary/aromatic N) is 2. The molecular formula is C22H23F3N4O4. The quantitative estimate of drug-likeness (QED) is 0.559. The fraction of sp³-hybridized carbons (Fsp3) is 0.364. The van der Waals surface area contributed by atoms with Crippen molar-refractivity contribution in [1.29, 1.82) is 0 Å². The molecule has 2 N–H and O–H groups in total. The van der Waals surface area contributed by atoms with E-state index in [1.54, 1.807) is 6.07 Å². The molecule has 11 heteroatoms. The molecule has 2 heterocycles. The van der Waals surface area contributed by atoms with Gasteiger partial charge >= 0.3 is 5.69 Å². The summed E-state index contributed by atoms with van der Waals surface area (Å²) in [5.41, 5.74) is -3.81. The van der Waals surface area contributed by atoms with Crippen molar-refractivity contribution in [3.8, 4) is 5.75 Å². The average molecular weight is 464 g/mol. The fourth-order valence-electron chi connectivity index (χ4n) is 3.58. The molecule has 0 bridgehead atoms. The van der Waals surface area contributed by atoms with Gasteiger partial charge in [-0.1, -0.05) is 6.07 Å². The fourth-order valence-corrected chi connectivity index (χ4v) is 3.58. The second-order valence-electron chi connectivity index (χ2n) is 8.18. The summed E-state index contributed by atoms with van der Waals surface area (Å²) in [6.45, 7) is 3.77. The van der Waals surface area contributed by atoms with Crippen LogP contribution < -0.4 is 21.3 Å². The van der Waals surface area contributed by atoms with Crippen LogP contribution in [0.2, 0.25) is 0 Å². The highest BCUT2D eigenvalue weighted by molar-refractivity contribution is 5.85. The maximum atomic E-state index is 14.6. The molecular weight excluding hydrogens is 441 g/mol. The second-order valence-corrected chi connectivity index (χ2v) is 8.18. The smallest absolute Gasteiger partial charge is 0.329 e. The normalized spacial score (nSPS) is 13.5. The lowest BCUT2D eigenvalue weighted by Gasteiger charge is -2.25. The number of H-pyrrole nitrogens is 1. The third-order valence-electron chi connectivity index (χ3n) is 5.04. The number of methoxy groups -OCH3 is 1. The molecule has 1 amide bonds. The number of hydrogen-bond acceptors (Lipinski definition) is 5. The van der Waals surface area contributed by atoms with Crippen molar-refractivity contribution in [2.45, 2.75) is 44.9 Å². The number of carbonyl (C=O) groups is 1. The van der Waals surface area contributed by atoms with Crippen LogP contribution in [-0.4, -0.2) is 33.2 Å². The van der Waals surface area contributed by atoms with Gasteiger partial charge in [0.1, 0.15) is 34.5 Å². The highest BCUT2D eigenvalue weighted by atomic mass is 19.1. The van der Waals surface area contributed by atoms with E-state index in [1.807, 2.05) is 0 Å². The zero-order valence-electron chi connectivity index (χ0n) is 18.4. The predicted octanol–water partition coefficient (Wildman–Crippen LogP) is 2.93. The molecule has 0 fully saturated rings. The monoisotopic (exact) mass is 464 g/mol. The Morgan fingerprint density at radius 1 is 1.30 bits per heavy atom. The Morgan fingerprint density at radius 2 is 2.00 bits per heavy atom. The Kier molecular flexibility index (Phi) is 6.61. The first-order chi connectivity index (χ1) is 15.4. The van der Waals surface area contributed by atoms with Crippen LogP contribution in [0.5, 0.6) is 5.75 Å². The van der Waals surface area contributed by atoms with Crippen molar-refractivity contribution in [3.05, 3.63) is 68.6 Å². The highest BCUT2D eigenvalue weighted by Gasteiger charge is 2.33. The number of aromatic amines is 1. The lowest BCUT2D eigenvalue weighted by Crippen LogP contribution is -2.47. The zero-order valence-corrected chi connectivity index (χ0v) is 18.4. The summed E-state index contributed by atoms with van der Waals surface area (Å²) in [4.78, 5) is 45.3. The Morgan fingerprint density at radius 3 is 2.61 bits per heavy atom. The van der Waals surface area contributed by atoms with Gasteiger partial charge in [0.05, 0.1) is 30.6 Å². The van der Waals surface area contributed by atoms with Crippen LogP contribution in [0, 0.1) is 11.6 Å². The molecule has 0 saturated carbocycles. The largest absolute Gasteiger partial charge is 0.496 e. The summed E-state index contributed by atoms with van der Waals surface area (Å²) in [6.07, 6.45) is 0.253. The first-order valence-corrected chi connectivity index (χ1v) is 10.0. The molecule has 0 radical (unpaired) electrons. The van der Waals surface area contributed by atoms with Crippen molar-refractivity contribution in [1.82, 2.24) is 19.9 Å². The van der Waals surface area contributed by atoms with Gasteiger partial charge in [-0.05, 0) is 32.9 Å². The molecule has 8 nitrogen and oxygen atoms in total. The van der Waals surface area contributed by atoms with Gasteiger partial charge in [0.25, 0.3) is 5.56 Å². The second kappa shape index (κ2) is 9.08. The summed E-state index contributed by atoms with van der Waals surface area (Å²) in [7, 11) is 1.34. The van der Waals surface area contributed by atoms with Gasteiger partial charge in [-0.25, -0.2) is 22.5 Å². The van der Waals surface area contributed by atoms with Crippen LogP contribution in [0.25, 0.3) is 10.9 Å². The average Bonchev–Trinajstić information content (AvgIpc) is 2.71. The highest BCUT2D eigenvalue weighted by Crippen LogP contribution is 2.26. The van der Waals surface area contributed by atoms with E-state index >= 15 is 0 Å². The molecule has 33 heavy (non-hydrogen) atoms. The van der Waals surface area contributed by atoms with E-state index in [0.29, 0.717) is 10.6 Å². The predicted molar refractivity (Wildman–Crippen MR) is 115 cm³/mol. The molecule has 2 atom stereocenters. The number of pyridine rings is 1. The van der Waals surface area contributed by atoms with Crippen LogP contribution in [0.3, 0.4) is 0 Å². The van der Waals surface area contributed by atoms with E-state index in [1.165, 1.54) is 40.0 Å². The molecule has 1 unspecified atom stereocenters. The number of aromatic nitrogens is 3. The van der Waals surface area contributed by atoms with Crippen LogP contribution in [0.15, 0.2) is 40.1 Å². The van der Waals surface area contributed by atoms with Crippen molar-refractivity contribution < 1.29 is 22.7 Å². The van der Waals surface area contributed by atoms with Gasteiger partial charge in [-0.3, -0.25) is 14.6 Å². The number of rotatable bonds is 7. The van der Waals surface area contributed by atoms with Crippen molar-refractivity contribution >= 4 is 16.8 Å². The first kappa shape index (κ1) is 24.0. The number of amides is 1. The molecule has 2 aromatic heterocycles. The number of alkyl halides is 1. The Hall–Kier alpha value is -3.63. The van der Waals surface area contributed by atoms with Gasteiger partial charge in [0.15, 0.2) is 0 Å². The summed E-state index contributed by atoms with van der Waals surface area (Å²) in [6, 6.07) is 2.53. The van der Waals surface area contributed by atoms with Crippen molar-refractivity contribution in [2.75, 3.05) is 7.11 Å². The molecule has 0 aliphatic carbocycles. The standard InChI is InChI=1S/C22H23F3N4O4/c1-11(18-13(24)8-12(23)10-26-18)27-19(30)15(9-22(2,3)25)29-20(31)17-14(28-21(29)32)6-5-7-16(17)33-4/h5-8,10-11,15H,9H2,1-4H3,(H,27,30)(H,28,32)/t11-,15?/m0/s1. The van der Waals surface area contributed by atoms with Gasteiger partial charge in [-0.15, -0.1) is 0 Å². The number of fused-ring (bicyclic) bond motifs is 1. The lowest BCUT2D eigenvalue weighted by molar-refractivity contribution is -0.126. The summed E-state index contributed by atoms with van der Waals surface area (Å²) in [5, 5.41) is 2.44. The molecule has 0 aliphatic heterocycles. The third-order valence-corrected chi connectivity index (χ3v) is 5.04. The van der Waals surface area contributed by atoms with Crippen LogP contribution in [0.4, 0.5) is 13.2 Å². The number of hydrogen-bond donors (Lipinski definition) is 2. The first-order valence-electron chi connectivity index (χ1n) is 10.0. The molecule has 0 aliphatic rings. The summed E-state index contributed by atoms with van der Waals surface area (Å²) >= 11 is 0. The van der Waals surface area contributed by atoms with E-state index in [4.69, 9.17) is 4.74 Å². The summed E-state index contributed by atoms with van der Waals surface area (Å²) < 4.78 is 47.7. The van der Waals surface area contributed by atoms with Crippen LogP contribution in [0.1, 0.15) is 45.0 Å².